The van der Waals surface area contributed by atoms with E-state index in [1.165, 1.54) is 0 Å². The van der Waals surface area contributed by atoms with E-state index in [1.807, 2.05) is 0 Å². The molecule has 0 N–H and O–H groups in total. The van der Waals surface area contributed by atoms with Crippen LogP contribution in [0.5, 0.6) is 11.6 Å². The number of halogens is 1. The molecule has 2 rings (SSSR count). The standard InChI is InChI=1S/C9H10ClNO2/c1-12-9-8(13-6-2-3-6)7(10)4-5-11-9/h4-6H,2-3H2,1H3. The molecule has 0 radical (unpaired) electrons. The van der Waals surface area contributed by atoms with E-state index in [0.717, 1.165) is 12.8 Å². The maximum atomic E-state index is 5.94. The Morgan fingerprint density at radius 3 is 2.92 bits per heavy atom. The maximum absolute atomic E-state index is 5.94. The summed E-state index contributed by atoms with van der Waals surface area (Å²) in [5.74, 6) is 1.02. The van der Waals surface area contributed by atoms with E-state index in [4.69, 9.17) is 21.1 Å². The molecule has 1 fully saturated rings. The summed E-state index contributed by atoms with van der Waals surface area (Å²) in [5.41, 5.74) is 0. The molecule has 13 heavy (non-hydrogen) atoms. The zero-order valence-corrected chi connectivity index (χ0v) is 8.04. The van der Waals surface area contributed by atoms with Crippen LogP contribution in [-0.2, 0) is 0 Å². The molecule has 0 aromatic carbocycles. The first kappa shape index (κ1) is 8.63. The molecule has 1 aromatic rings. The van der Waals surface area contributed by atoms with E-state index in [9.17, 15) is 0 Å². The number of hydrogen-bond acceptors (Lipinski definition) is 3. The van der Waals surface area contributed by atoms with Gasteiger partial charge in [0.05, 0.1) is 18.2 Å². The van der Waals surface area contributed by atoms with Crippen LogP contribution in [0.3, 0.4) is 0 Å². The lowest BCUT2D eigenvalue weighted by molar-refractivity contribution is 0.277. The summed E-state index contributed by atoms with van der Waals surface area (Å²) in [4.78, 5) is 4.01. The largest absolute Gasteiger partial charge is 0.483 e. The molecule has 0 atom stereocenters. The molecule has 0 unspecified atom stereocenters. The van der Waals surface area contributed by atoms with Gasteiger partial charge in [-0.25, -0.2) is 4.98 Å². The third kappa shape index (κ3) is 1.86. The van der Waals surface area contributed by atoms with Gasteiger partial charge in [-0.15, -0.1) is 0 Å². The molecule has 0 aliphatic heterocycles. The van der Waals surface area contributed by atoms with Crippen molar-refractivity contribution in [2.45, 2.75) is 18.9 Å². The average Bonchev–Trinajstić information content (AvgIpc) is 2.92. The lowest BCUT2D eigenvalue weighted by atomic mass is 10.4. The number of ether oxygens (including phenoxy) is 2. The van der Waals surface area contributed by atoms with Crippen LogP contribution < -0.4 is 9.47 Å². The summed E-state index contributed by atoms with van der Waals surface area (Å²) in [6.07, 6.45) is 4.08. The van der Waals surface area contributed by atoms with Crippen molar-refractivity contribution < 1.29 is 9.47 Å². The molecule has 0 saturated heterocycles. The van der Waals surface area contributed by atoms with Crippen LogP contribution in [0.1, 0.15) is 12.8 Å². The van der Waals surface area contributed by atoms with Crippen LogP contribution in [0.25, 0.3) is 0 Å². The fourth-order valence-electron chi connectivity index (χ4n) is 1.01. The molecule has 0 amide bonds. The molecular weight excluding hydrogens is 190 g/mol. The molecule has 1 aliphatic rings. The normalized spacial score (nSPS) is 15.5. The quantitative estimate of drug-likeness (QED) is 0.749. The van der Waals surface area contributed by atoms with Crippen molar-refractivity contribution >= 4 is 11.6 Å². The zero-order chi connectivity index (χ0) is 9.26. The molecule has 1 saturated carbocycles. The van der Waals surface area contributed by atoms with Crippen LogP contribution in [-0.4, -0.2) is 18.2 Å². The third-order valence-electron chi connectivity index (χ3n) is 1.83. The molecule has 1 aromatic heterocycles. The SMILES string of the molecule is COc1nccc(Cl)c1OC1CC1. The average molecular weight is 200 g/mol. The van der Waals surface area contributed by atoms with Gasteiger partial charge in [0.2, 0.25) is 5.75 Å². The van der Waals surface area contributed by atoms with E-state index < -0.39 is 0 Å². The third-order valence-corrected chi connectivity index (χ3v) is 2.12. The van der Waals surface area contributed by atoms with Gasteiger partial charge in [-0.1, -0.05) is 11.6 Å². The lowest BCUT2D eigenvalue weighted by Gasteiger charge is -2.09. The topological polar surface area (TPSA) is 31.4 Å². The van der Waals surface area contributed by atoms with Crippen molar-refractivity contribution in [2.24, 2.45) is 0 Å². The molecule has 1 aliphatic carbocycles. The monoisotopic (exact) mass is 199 g/mol. The summed E-state index contributed by atoms with van der Waals surface area (Å²) in [6.45, 7) is 0. The van der Waals surface area contributed by atoms with Gasteiger partial charge in [-0.05, 0) is 18.9 Å². The summed E-state index contributed by atoms with van der Waals surface area (Å²) in [7, 11) is 1.55. The van der Waals surface area contributed by atoms with Crippen molar-refractivity contribution in [1.82, 2.24) is 4.98 Å². The first-order valence-corrected chi connectivity index (χ1v) is 4.54. The molecule has 0 spiro atoms. The van der Waals surface area contributed by atoms with Crippen LogP contribution in [0, 0.1) is 0 Å². The Balaban J connectivity index is 2.27. The van der Waals surface area contributed by atoms with Gasteiger partial charge < -0.3 is 9.47 Å². The molecule has 4 heteroatoms. The van der Waals surface area contributed by atoms with Crippen LogP contribution in [0.4, 0.5) is 0 Å². The number of rotatable bonds is 3. The number of methoxy groups -OCH3 is 1. The molecule has 0 bridgehead atoms. The van der Waals surface area contributed by atoms with E-state index >= 15 is 0 Å². The Bertz CT molecular complexity index is 312. The smallest absolute Gasteiger partial charge is 0.258 e. The van der Waals surface area contributed by atoms with Crippen molar-refractivity contribution in [3.8, 4) is 11.6 Å². The minimum Gasteiger partial charge on any atom is -0.483 e. The number of nitrogens with zero attached hydrogens (tertiary/aromatic N) is 1. The Labute approximate surface area is 81.6 Å². The van der Waals surface area contributed by atoms with Gasteiger partial charge in [0.15, 0.2) is 0 Å². The summed E-state index contributed by atoms with van der Waals surface area (Å²) < 4.78 is 10.6. The predicted octanol–water partition coefficient (Wildman–Crippen LogP) is 2.28. The Kier molecular flexibility index (Phi) is 2.27. The predicted molar refractivity (Wildman–Crippen MR) is 49.4 cm³/mol. The van der Waals surface area contributed by atoms with Gasteiger partial charge in [0.1, 0.15) is 0 Å². The first-order valence-electron chi connectivity index (χ1n) is 4.16. The highest BCUT2D eigenvalue weighted by Crippen LogP contribution is 2.37. The second kappa shape index (κ2) is 3.42. The van der Waals surface area contributed by atoms with Crippen molar-refractivity contribution in [1.29, 1.82) is 0 Å². The molecular formula is C9H10ClNO2. The van der Waals surface area contributed by atoms with Crippen molar-refractivity contribution in [3.05, 3.63) is 17.3 Å². The van der Waals surface area contributed by atoms with Gasteiger partial charge in [0.25, 0.3) is 5.88 Å². The van der Waals surface area contributed by atoms with Crippen LogP contribution in [0.2, 0.25) is 5.02 Å². The van der Waals surface area contributed by atoms with Gasteiger partial charge in [0, 0.05) is 6.20 Å². The Hall–Kier alpha value is -0.960. The highest BCUT2D eigenvalue weighted by atomic mass is 35.5. The van der Waals surface area contributed by atoms with E-state index in [0.29, 0.717) is 22.8 Å². The second-order valence-electron chi connectivity index (χ2n) is 2.95. The van der Waals surface area contributed by atoms with Crippen LogP contribution >= 0.6 is 11.6 Å². The maximum Gasteiger partial charge on any atom is 0.258 e. The Morgan fingerprint density at radius 1 is 1.54 bits per heavy atom. The summed E-state index contributed by atoms with van der Waals surface area (Å²) in [6, 6.07) is 1.70. The first-order chi connectivity index (χ1) is 6.31. The van der Waals surface area contributed by atoms with Gasteiger partial charge >= 0.3 is 0 Å². The minimum absolute atomic E-state index is 0.301. The number of hydrogen-bond donors (Lipinski definition) is 0. The van der Waals surface area contributed by atoms with E-state index in [-0.39, 0.29) is 0 Å². The molecule has 1 heterocycles. The zero-order valence-electron chi connectivity index (χ0n) is 7.29. The van der Waals surface area contributed by atoms with Crippen LogP contribution in [0.15, 0.2) is 12.3 Å². The second-order valence-corrected chi connectivity index (χ2v) is 3.36. The summed E-state index contributed by atoms with van der Waals surface area (Å²) >= 11 is 5.94. The minimum atomic E-state index is 0.301. The van der Waals surface area contributed by atoms with Crippen molar-refractivity contribution in [2.75, 3.05) is 7.11 Å². The highest BCUT2D eigenvalue weighted by molar-refractivity contribution is 6.32. The van der Waals surface area contributed by atoms with Gasteiger partial charge in [-0.2, -0.15) is 0 Å². The summed E-state index contributed by atoms with van der Waals surface area (Å²) in [5, 5.41) is 0.554. The van der Waals surface area contributed by atoms with Crippen molar-refractivity contribution in [3.63, 3.8) is 0 Å². The fourth-order valence-corrected chi connectivity index (χ4v) is 1.19. The number of aromatic nitrogens is 1. The lowest BCUT2D eigenvalue weighted by Crippen LogP contribution is -2.00. The molecule has 3 nitrogen and oxygen atoms in total. The fraction of sp³-hybridized carbons (Fsp3) is 0.444. The Morgan fingerprint density at radius 2 is 2.31 bits per heavy atom. The van der Waals surface area contributed by atoms with Gasteiger partial charge in [-0.3, -0.25) is 0 Å². The van der Waals surface area contributed by atoms with E-state index in [2.05, 4.69) is 4.98 Å². The highest BCUT2D eigenvalue weighted by Gasteiger charge is 2.26. The van der Waals surface area contributed by atoms with E-state index in [1.54, 1.807) is 19.4 Å². The molecule has 70 valence electrons. The number of pyridine rings is 1.